The maximum Gasteiger partial charge on any atom is 0.318 e. The maximum atomic E-state index is 12.3. The summed E-state index contributed by atoms with van der Waals surface area (Å²) in [6.07, 6.45) is -0.0364. The molecule has 7 heteroatoms. The third-order valence-corrected chi connectivity index (χ3v) is 4.64. The SMILES string of the molecule is Cc1nc(CNC(=O)N2CCO[C@@H](c3cccs3)C2)oc1C. The molecular weight excluding hydrogens is 302 g/mol. The molecule has 22 heavy (non-hydrogen) atoms. The molecule has 0 aliphatic carbocycles. The molecule has 0 saturated carbocycles. The lowest BCUT2D eigenvalue weighted by molar-refractivity contribution is -0.0136. The second-order valence-electron chi connectivity index (χ2n) is 5.23. The number of thiophene rings is 1. The average Bonchev–Trinajstić information content (AvgIpc) is 3.16. The molecule has 2 aromatic rings. The van der Waals surface area contributed by atoms with Crippen molar-refractivity contribution in [2.24, 2.45) is 0 Å². The van der Waals surface area contributed by atoms with Crippen LogP contribution in [0.1, 0.15) is 28.3 Å². The lowest BCUT2D eigenvalue weighted by Crippen LogP contribution is -2.46. The molecule has 0 radical (unpaired) electrons. The van der Waals surface area contributed by atoms with Gasteiger partial charge in [-0.2, -0.15) is 0 Å². The highest BCUT2D eigenvalue weighted by molar-refractivity contribution is 7.10. The summed E-state index contributed by atoms with van der Waals surface area (Å²) in [7, 11) is 0. The molecule has 3 heterocycles. The minimum absolute atomic E-state index is 0.0364. The summed E-state index contributed by atoms with van der Waals surface area (Å²) < 4.78 is 11.2. The van der Waals surface area contributed by atoms with Gasteiger partial charge < -0.3 is 19.4 Å². The summed E-state index contributed by atoms with van der Waals surface area (Å²) in [6.45, 7) is 5.76. The molecule has 0 bridgehead atoms. The van der Waals surface area contributed by atoms with Gasteiger partial charge in [0.2, 0.25) is 5.89 Å². The number of ether oxygens (including phenoxy) is 1. The van der Waals surface area contributed by atoms with Gasteiger partial charge in [0.1, 0.15) is 11.9 Å². The first-order chi connectivity index (χ1) is 10.6. The second kappa shape index (κ2) is 6.50. The molecule has 0 unspecified atom stereocenters. The van der Waals surface area contributed by atoms with Crippen molar-refractivity contribution in [2.75, 3.05) is 19.7 Å². The van der Waals surface area contributed by atoms with Crippen LogP contribution in [-0.4, -0.2) is 35.6 Å². The number of carbonyl (C=O) groups is 1. The van der Waals surface area contributed by atoms with E-state index in [-0.39, 0.29) is 12.1 Å². The zero-order valence-electron chi connectivity index (χ0n) is 12.7. The number of aryl methyl sites for hydroxylation is 2. The molecule has 1 aliphatic heterocycles. The molecule has 6 nitrogen and oxygen atoms in total. The van der Waals surface area contributed by atoms with Gasteiger partial charge in [0.05, 0.1) is 25.4 Å². The number of urea groups is 1. The van der Waals surface area contributed by atoms with Crippen LogP contribution in [-0.2, 0) is 11.3 Å². The number of nitrogens with one attached hydrogen (secondary N) is 1. The van der Waals surface area contributed by atoms with Crippen molar-refractivity contribution >= 4 is 17.4 Å². The van der Waals surface area contributed by atoms with Crippen LogP contribution in [0.3, 0.4) is 0 Å². The number of oxazole rings is 1. The number of amides is 2. The summed E-state index contributed by atoms with van der Waals surface area (Å²) in [4.78, 5) is 19.5. The van der Waals surface area contributed by atoms with E-state index < -0.39 is 0 Å². The van der Waals surface area contributed by atoms with Gasteiger partial charge in [0.15, 0.2) is 0 Å². The first kappa shape index (κ1) is 15.1. The van der Waals surface area contributed by atoms with Gasteiger partial charge >= 0.3 is 6.03 Å². The maximum absolute atomic E-state index is 12.3. The zero-order valence-corrected chi connectivity index (χ0v) is 13.5. The van der Waals surface area contributed by atoms with E-state index in [0.717, 1.165) is 16.3 Å². The minimum Gasteiger partial charge on any atom is -0.444 e. The van der Waals surface area contributed by atoms with Crippen LogP contribution in [0.4, 0.5) is 4.79 Å². The molecule has 0 spiro atoms. The summed E-state index contributed by atoms with van der Waals surface area (Å²) in [5.74, 6) is 1.32. The van der Waals surface area contributed by atoms with Crippen molar-refractivity contribution in [1.29, 1.82) is 0 Å². The fourth-order valence-corrected chi connectivity index (χ4v) is 3.12. The Kier molecular flexibility index (Phi) is 4.44. The normalized spacial score (nSPS) is 18.5. The summed E-state index contributed by atoms with van der Waals surface area (Å²) >= 11 is 1.65. The Morgan fingerprint density at radius 2 is 2.41 bits per heavy atom. The minimum atomic E-state index is -0.113. The quantitative estimate of drug-likeness (QED) is 0.943. The highest BCUT2D eigenvalue weighted by atomic mass is 32.1. The molecular formula is C15H19N3O3S. The van der Waals surface area contributed by atoms with Gasteiger partial charge in [-0.1, -0.05) is 6.07 Å². The predicted molar refractivity (Wildman–Crippen MR) is 82.8 cm³/mol. The van der Waals surface area contributed by atoms with Crippen molar-refractivity contribution in [3.8, 4) is 0 Å². The van der Waals surface area contributed by atoms with Gasteiger partial charge in [-0.15, -0.1) is 11.3 Å². The van der Waals surface area contributed by atoms with Crippen LogP contribution < -0.4 is 5.32 Å². The lowest BCUT2D eigenvalue weighted by Gasteiger charge is -2.32. The first-order valence-corrected chi connectivity index (χ1v) is 8.12. The third-order valence-electron chi connectivity index (χ3n) is 3.68. The van der Waals surface area contributed by atoms with Crippen LogP contribution in [0.15, 0.2) is 21.9 Å². The largest absolute Gasteiger partial charge is 0.444 e. The monoisotopic (exact) mass is 321 g/mol. The Bertz CT molecular complexity index is 619. The molecule has 0 aromatic carbocycles. The molecule has 2 aromatic heterocycles. The van der Waals surface area contributed by atoms with E-state index in [1.165, 1.54) is 0 Å². The van der Waals surface area contributed by atoms with Crippen LogP contribution in [0, 0.1) is 13.8 Å². The zero-order chi connectivity index (χ0) is 15.5. The molecule has 1 N–H and O–H groups in total. The van der Waals surface area contributed by atoms with Crippen molar-refractivity contribution in [3.63, 3.8) is 0 Å². The Balaban J connectivity index is 1.55. The van der Waals surface area contributed by atoms with E-state index >= 15 is 0 Å². The molecule has 3 rings (SSSR count). The van der Waals surface area contributed by atoms with E-state index in [4.69, 9.17) is 9.15 Å². The molecule has 1 saturated heterocycles. The van der Waals surface area contributed by atoms with E-state index in [1.54, 1.807) is 16.2 Å². The fraction of sp³-hybridized carbons (Fsp3) is 0.467. The fourth-order valence-electron chi connectivity index (χ4n) is 2.36. The lowest BCUT2D eigenvalue weighted by atomic mass is 10.2. The van der Waals surface area contributed by atoms with Gasteiger partial charge in [-0.05, 0) is 25.3 Å². The van der Waals surface area contributed by atoms with Gasteiger partial charge in [0.25, 0.3) is 0 Å². The number of carbonyl (C=O) groups excluding carboxylic acids is 1. The molecule has 1 aliphatic rings. The number of aromatic nitrogens is 1. The standard InChI is InChI=1S/C15H19N3O3S/c1-10-11(2)21-14(17-10)8-16-15(19)18-5-6-20-12(9-18)13-4-3-7-22-13/h3-4,7,12H,5-6,8-9H2,1-2H3,(H,16,19)/t12-/m1/s1. The number of hydrogen-bond donors (Lipinski definition) is 1. The summed E-state index contributed by atoms with van der Waals surface area (Å²) in [6, 6.07) is 3.92. The van der Waals surface area contributed by atoms with E-state index in [0.29, 0.717) is 32.1 Å². The molecule has 118 valence electrons. The summed E-state index contributed by atoms with van der Waals surface area (Å²) in [5, 5.41) is 4.87. The van der Waals surface area contributed by atoms with Crippen molar-refractivity contribution < 1.29 is 13.9 Å². The third kappa shape index (κ3) is 3.31. The van der Waals surface area contributed by atoms with Crippen LogP contribution in [0.25, 0.3) is 0 Å². The Hall–Kier alpha value is -1.86. The van der Waals surface area contributed by atoms with Crippen LogP contribution >= 0.6 is 11.3 Å². The Labute approximate surface area is 133 Å². The topological polar surface area (TPSA) is 67.6 Å². The van der Waals surface area contributed by atoms with Gasteiger partial charge in [0, 0.05) is 11.4 Å². The molecule has 1 atom stereocenters. The number of nitrogens with zero attached hydrogens (tertiary/aromatic N) is 2. The van der Waals surface area contributed by atoms with Crippen LogP contribution in [0.2, 0.25) is 0 Å². The smallest absolute Gasteiger partial charge is 0.318 e. The van der Waals surface area contributed by atoms with Crippen LogP contribution in [0.5, 0.6) is 0 Å². The molecule has 2 amide bonds. The highest BCUT2D eigenvalue weighted by Crippen LogP contribution is 2.26. The van der Waals surface area contributed by atoms with E-state index in [1.807, 2.05) is 31.4 Å². The average molecular weight is 321 g/mol. The first-order valence-electron chi connectivity index (χ1n) is 7.24. The van der Waals surface area contributed by atoms with Crippen molar-refractivity contribution in [3.05, 3.63) is 39.7 Å². The summed E-state index contributed by atoms with van der Waals surface area (Å²) in [5.41, 5.74) is 0.855. The van der Waals surface area contributed by atoms with Crippen molar-refractivity contribution in [1.82, 2.24) is 15.2 Å². The number of morpholine rings is 1. The van der Waals surface area contributed by atoms with Gasteiger partial charge in [-0.3, -0.25) is 0 Å². The molecule has 1 fully saturated rings. The second-order valence-corrected chi connectivity index (χ2v) is 6.21. The van der Waals surface area contributed by atoms with Gasteiger partial charge in [-0.25, -0.2) is 9.78 Å². The van der Waals surface area contributed by atoms with E-state index in [2.05, 4.69) is 10.3 Å². The van der Waals surface area contributed by atoms with E-state index in [9.17, 15) is 4.79 Å². The highest BCUT2D eigenvalue weighted by Gasteiger charge is 2.26. The number of hydrogen-bond acceptors (Lipinski definition) is 5. The van der Waals surface area contributed by atoms with Crippen molar-refractivity contribution in [2.45, 2.75) is 26.5 Å². The Morgan fingerprint density at radius 3 is 3.09 bits per heavy atom. The Morgan fingerprint density at radius 1 is 1.55 bits per heavy atom. The predicted octanol–water partition coefficient (Wildman–Crippen LogP) is 2.64. The number of rotatable bonds is 3.